The van der Waals surface area contributed by atoms with E-state index >= 15 is 0 Å². The molecule has 0 radical (unpaired) electrons. The average molecular weight is 380 g/mol. The third-order valence-electron chi connectivity index (χ3n) is 5.84. The number of nitrogens with zero attached hydrogens (tertiary/aromatic N) is 6. The zero-order valence-corrected chi connectivity index (χ0v) is 16.1. The minimum absolute atomic E-state index is 0.246. The number of aliphatic hydroxyl groups excluding tert-OH is 1. The predicted molar refractivity (Wildman–Crippen MR) is 106 cm³/mol. The van der Waals surface area contributed by atoms with E-state index in [2.05, 4.69) is 38.8 Å². The Morgan fingerprint density at radius 1 is 1.18 bits per heavy atom. The summed E-state index contributed by atoms with van der Waals surface area (Å²) in [6.07, 6.45) is 3.79. The van der Waals surface area contributed by atoms with E-state index < -0.39 is 6.10 Å². The van der Waals surface area contributed by atoms with Gasteiger partial charge in [-0.1, -0.05) is 18.2 Å². The summed E-state index contributed by atoms with van der Waals surface area (Å²) in [7, 11) is 4.23. The molecule has 0 amide bonds. The first kappa shape index (κ1) is 17.4. The third-order valence-corrected chi connectivity index (χ3v) is 5.84. The fourth-order valence-electron chi connectivity index (χ4n) is 4.30. The number of hydrogen-bond donors (Lipinski definition) is 1. The zero-order chi connectivity index (χ0) is 19.3. The second kappa shape index (κ2) is 6.72. The first-order valence-electron chi connectivity index (χ1n) is 9.62. The number of ether oxygens (including phenoxy) is 1. The highest BCUT2D eigenvalue weighted by atomic mass is 16.5. The van der Waals surface area contributed by atoms with E-state index in [1.165, 1.54) is 0 Å². The normalized spacial score (nSPS) is 24.6. The van der Waals surface area contributed by atoms with Crippen LogP contribution in [0.1, 0.15) is 18.0 Å². The number of hydrogen-bond acceptors (Lipinski definition) is 7. The van der Waals surface area contributed by atoms with Crippen molar-refractivity contribution in [2.45, 2.75) is 24.6 Å². The molecule has 1 saturated heterocycles. The number of aromatic nitrogens is 4. The monoisotopic (exact) mass is 380 g/mol. The third kappa shape index (κ3) is 2.71. The fraction of sp³-hybridized carbons (Fsp3) is 0.450. The summed E-state index contributed by atoms with van der Waals surface area (Å²) in [5, 5.41) is 10.7. The van der Waals surface area contributed by atoms with Crippen LogP contribution in [0.25, 0.3) is 11.2 Å². The SMILES string of the molecule is CN(C)C1CCN(c2ncnc3c2ncn3[C@H]2c3ccccc3OC[C@@H]2O)C1. The maximum absolute atomic E-state index is 10.7. The maximum atomic E-state index is 10.7. The van der Waals surface area contributed by atoms with Crippen LogP contribution in [-0.2, 0) is 0 Å². The van der Waals surface area contributed by atoms with E-state index in [4.69, 9.17) is 4.74 Å². The number of fused-ring (bicyclic) bond motifs is 2. The number of para-hydroxylation sites is 1. The van der Waals surface area contributed by atoms with Gasteiger partial charge in [0.2, 0.25) is 0 Å². The number of rotatable bonds is 3. The maximum Gasteiger partial charge on any atom is 0.166 e. The molecular weight excluding hydrogens is 356 g/mol. The summed E-state index contributed by atoms with van der Waals surface area (Å²) in [4.78, 5) is 18.2. The highest BCUT2D eigenvalue weighted by molar-refractivity contribution is 5.83. The minimum atomic E-state index is -0.671. The van der Waals surface area contributed by atoms with E-state index in [0.717, 1.165) is 47.8 Å². The molecule has 8 nitrogen and oxygen atoms in total. The number of aliphatic hydroxyl groups is 1. The Kier molecular flexibility index (Phi) is 4.17. The van der Waals surface area contributed by atoms with Crippen molar-refractivity contribution in [3.63, 3.8) is 0 Å². The molecule has 1 aromatic carbocycles. The fourth-order valence-corrected chi connectivity index (χ4v) is 4.30. The molecule has 0 saturated carbocycles. The number of anilines is 1. The van der Waals surface area contributed by atoms with Gasteiger partial charge < -0.3 is 24.2 Å². The number of imidazole rings is 1. The van der Waals surface area contributed by atoms with Gasteiger partial charge in [-0.05, 0) is 26.6 Å². The van der Waals surface area contributed by atoms with Crippen LogP contribution < -0.4 is 9.64 Å². The molecule has 0 bridgehead atoms. The first-order chi connectivity index (χ1) is 13.6. The van der Waals surface area contributed by atoms with Crippen LogP contribution in [0.3, 0.4) is 0 Å². The van der Waals surface area contributed by atoms with Crippen molar-refractivity contribution < 1.29 is 9.84 Å². The van der Waals surface area contributed by atoms with Gasteiger partial charge in [0.25, 0.3) is 0 Å². The molecule has 2 aromatic heterocycles. The summed E-state index contributed by atoms with van der Waals surface area (Å²) in [5.74, 6) is 1.66. The molecule has 28 heavy (non-hydrogen) atoms. The van der Waals surface area contributed by atoms with Crippen LogP contribution in [0.15, 0.2) is 36.9 Å². The van der Waals surface area contributed by atoms with Gasteiger partial charge in [0.1, 0.15) is 24.8 Å². The van der Waals surface area contributed by atoms with Crippen LogP contribution in [0.5, 0.6) is 5.75 Å². The Bertz CT molecular complexity index is 1000. The summed E-state index contributed by atoms with van der Waals surface area (Å²) >= 11 is 0. The lowest BCUT2D eigenvalue weighted by molar-refractivity contribution is 0.0579. The van der Waals surface area contributed by atoms with E-state index in [1.807, 2.05) is 28.8 Å². The molecule has 146 valence electrons. The molecular formula is C20H24N6O2. The van der Waals surface area contributed by atoms with Gasteiger partial charge in [-0.2, -0.15) is 0 Å². The van der Waals surface area contributed by atoms with Gasteiger partial charge in [-0.15, -0.1) is 0 Å². The van der Waals surface area contributed by atoms with Gasteiger partial charge in [-0.25, -0.2) is 15.0 Å². The molecule has 8 heteroatoms. The topological polar surface area (TPSA) is 79.5 Å². The van der Waals surface area contributed by atoms with Crippen molar-refractivity contribution in [1.29, 1.82) is 0 Å². The standard InChI is InChI=1S/C20H24N6O2/c1-24(2)13-7-8-25(9-13)19-17-20(22-11-21-19)26(12-23-17)18-14-5-3-4-6-16(14)28-10-15(18)27/h3-6,11-13,15,18,27H,7-10H2,1-2H3/t13?,15-,18-/m0/s1. The van der Waals surface area contributed by atoms with Crippen LogP contribution in [0.4, 0.5) is 5.82 Å². The van der Waals surface area contributed by atoms with Gasteiger partial charge in [0.05, 0.1) is 12.4 Å². The smallest absolute Gasteiger partial charge is 0.166 e. The van der Waals surface area contributed by atoms with Gasteiger partial charge in [0.15, 0.2) is 17.0 Å². The van der Waals surface area contributed by atoms with Gasteiger partial charge >= 0.3 is 0 Å². The van der Waals surface area contributed by atoms with Crippen LogP contribution in [0, 0.1) is 0 Å². The lowest BCUT2D eigenvalue weighted by atomic mass is 9.98. The van der Waals surface area contributed by atoms with Gasteiger partial charge in [0, 0.05) is 24.7 Å². The van der Waals surface area contributed by atoms with Crippen LogP contribution in [-0.4, -0.2) is 75.5 Å². The van der Waals surface area contributed by atoms with E-state index in [9.17, 15) is 5.11 Å². The van der Waals surface area contributed by atoms with Crippen molar-refractivity contribution in [3.8, 4) is 5.75 Å². The van der Waals surface area contributed by atoms with Crippen molar-refractivity contribution >= 4 is 17.0 Å². The second-order valence-electron chi connectivity index (χ2n) is 7.73. The zero-order valence-electron chi connectivity index (χ0n) is 16.1. The highest BCUT2D eigenvalue weighted by Crippen LogP contribution is 2.37. The van der Waals surface area contributed by atoms with Crippen LogP contribution >= 0.6 is 0 Å². The van der Waals surface area contributed by atoms with E-state index in [0.29, 0.717) is 6.04 Å². The number of likely N-dealkylation sites (N-methyl/N-ethyl adjacent to an activating group) is 1. The summed E-state index contributed by atoms with van der Waals surface area (Å²) in [6.45, 7) is 2.12. The van der Waals surface area contributed by atoms with E-state index in [-0.39, 0.29) is 12.6 Å². The molecule has 0 spiro atoms. The Morgan fingerprint density at radius 2 is 2.04 bits per heavy atom. The Balaban J connectivity index is 1.57. The Hall–Kier alpha value is -2.71. The minimum Gasteiger partial charge on any atom is -0.490 e. The van der Waals surface area contributed by atoms with Crippen LogP contribution in [0.2, 0.25) is 0 Å². The quantitative estimate of drug-likeness (QED) is 0.734. The van der Waals surface area contributed by atoms with Crippen molar-refractivity contribution in [2.75, 3.05) is 38.7 Å². The predicted octanol–water partition coefficient (Wildman–Crippen LogP) is 1.31. The van der Waals surface area contributed by atoms with Crippen molar-refractivity contribution in [2.24, 2.45) is 0 Å². The summed E-state index contributed by atoms with van der Waals surface area (Å²) in [6, 6.07) is 8.03. The molecule has 4 heterocycles. The molecule has 1 fully saturated rings. The van der Waals surface area contributed by atoms with Crippen molar-refractivity contribution in [1.82, 2.24) is 24.4 Å². The summed E-state index contributed by atoms with van der Waals surface area (Å²) in [5.41, 5.74) is 2.45. The van der Waals surface area contributed by atoms with Gasteiger partial charge in [-0.3, -0.25) is 0 Å². The lowest BCUT2D eigenvalue weighted by Gasteiger charge is -2.31. The second-order valence-corrected chi connectivity index (χ2v) is 7.73. The summed E-state index contributed by atoms with van der Waals surface area (Å²) < 4.78 is 7.64. The molecule has 2 aliphatic rings. The average Bonchev–Trinajstić information content (AvgIpc) is 3.35. The Morgan fingerprint density at radius 3 is 2.86 bits per heavy atom. The molecule has 3 aromatic rings. The molecule has 2 aliphatic heterocycles. The largest absolute Gasteiger partial charge is 0.490 e. The first-order valence-corrected chi connectivity index (χ1v) is 9.62. The Labute approximate surface area is 163 Å². The molecule has 5 rings (SSSR count). The number of benzene rings is 1. The molecule has 3 atom stereocenters. The van der Waals surface area contributed by atoms with E-state index in [1.54, 1.807) is 12.7 Å². The molecule has 1 unspecified atom stereocenters. The highest BCUT2D eigenvalue weighted by Gasteiger charge is 2.33. The molecule has 0 aliphatic carbocycles. The lowest BCUT2D eigenvalue weighted by Crippen LogP contribution is -2.34. The molecule has 1 N–H and O–H groups in total. The van der Waals surface area contributed by atoms with Crippen molar-refractivity contribution in [3.05, 3.63) is 42.5 Å².